The van der Waals surface area contributed by atoms with Crippen molar-refractivity contribution in [1.82, 2.24) is 4.31 Å². The van der Waals surface area contributed by atoms with Crippen LogP contribution in [0.25, 0.3) is 0 Å². The smallest absolute Gasteiger partial charge is 0.207 e. The van der Waals surface area contributed by atoms with E-state index in [1.54, 1.807) is 25.1 Å². The highest BCUT2D eigenvalue weighted by molar-refractivity contribution is 9.10. The maximum atomic E-state index is 12.6. The number of nitriles is 1. The zero-order valence-electron chi connectivity index (χ0n) is 10.9. The Kier molecular flexibility index (Phi) is 3.74. The van der Waals surface area contributed by atoms with Crippen LogP contribution >= 0.6 is 15.9 Å². The molecule has 0 atom stereocenters. The lowest BCUT2D eigenvalue weighted by molar-refractivity contribution is 0.171. The lowest BCUT2D eigenvalue weighted by Gasteiger charge is -2.42. The molecule has 0 saturated heterocycles. The number of rotatable bonds is 3. The summed E-state index contributed by atoms with van der Waals surface area (Å²) in [6.07, 6.45) is 2.11. The second kappa shape index (κ2) is 4.89. The molecule has 1 fully saturated rings. The van der Waals surface area contributed by atoms with Crippen molar-refractivity contribution in [3.63, 3.8) is 0 Å². The molecule has 1 saturated carbocycles. The third kappa shape index (κ3) is 2.31. The van der Waals surface area contributed by atoms with Gasteiger partial charge in [-0.2, -0.15) is 9.57 Å². The molecule has 102 valence electrons. The number of hydrogen-bond acceptors (Lipinski definition) is 3. The molecule has 2 rings (SSSR count). The Labute approximate surface area is 122 Å². The van der Waals surface area contributed by atoms with Gasteiger partial charge in [0, 0.05) is 11.5 Å². The predicted octanol–water partition coefficient (Wildman–Crippen LogP) is 2.82. The number of benzene rings is 1. The molecule has 1 aliphatic carbocycles. The van der Waals surface area contributed by atoms with Gasteiger partial charge < -0.3 is 0 Å². The first-order chi connectivity index (χ1) is 8.83. The zero-order valence-corrected chi connectivity index (χ0v) is 13.3. The Morgan fingerprint density at radius 2 is 2.05 bits per heavy atom. The van der Waals surface area contributed by atoms with Crippen molar-refractivity contribution >= 4 is 26.0 Å². The number of nitrogens with zero attached hydrogens (tertiary/aromatic N) is 2. The summed E-state index contributed by atoms with van der Waals surface area (Å²) >= 11 is 3.32. The first kappa shape index (κ1) is 14.5. The standard InChI is InChI=1S/C13H15BrN2O2S/c1-10-8-11(14)4-5-12(10)19(17,18)16(2)13(9-15)6-3-7-13/h4-5,8H,3,6-7H2,1-2H3. The Hall–Kier alpha value is -0.900. The van der Waals surface area contributed by atoms with Crippen molar-refractivity contribution < 1.29 is 8.42 Å². The topological polar surface area (TPSA) is 61.2 Å². The molecule has 0 bridgehead atoms. The van der Waals surface area contributed by atoms with Gasteiger partial charge >= 0.3 is 0 Å². The van der Waals surface area contributed by atoms with E-state index >= 15 is 0 Å². The molecule has 0 unspecified atom stereocenters. The highest BCUT2D eigenvalue weighted by atomic mass is 79.9. The zero-order chi connectivity index (χ0) is 14.3. The molecule has 0 aliphatic heterocycles. The van der Waals surface area contributed by atoms with Crippen LogP contribution in [0.15, 0.2) is 27.6 Å². The molecular formula is C13H15BrN2O2S. The minimum absolute atomic E-state index is 0.264. The van der Waals surface area contributed by atoms with Crippen LogP contribution in [-0.4, -0.2) is 25.3 Å². The summed E-state index contributed by atoms with van der Waals surface area (Å²) in [4.78, 5) is 0.264. The average molecular weight is 343 g/mol. The molecule has 4 nitrogen and oxygen atoms in total. The van der Waals surface area contributed by atoms with E-state index < -0.39 is 15.6 Å². The van der Waals surface area contributed by atoms with Gasteiger partial charge in [0.1, 0.15) is 5.54 Å². The summed E-state index contributed by atoms with van der Waals surface area (Å²) in [6.45, 7) is 1.76. The van der Waals surface area contributed by atoms with E-state index in [4.69, 9.17) is 0 Å². The van der Waals surface area contributed by atoms with Crippen molar-refractivity contribution in [2.45, 2.75) is 36.6 Å². The Balaban J connectivity index is 2.46. The van der Waals surface area contributed by atoms with Crippen LogP contribution in [0, 0.1) is 18.3 Å². The molecule has 0 amide bonds. The van der Waals surface area contributed by atoms with Crippen molar-refractivity contribution in [1.29, 1.82) is 5.26 Å². The van der Waals surface area contributed by atoms with Gasteiger partial charge in [0.05, 0.1) is 11.0 Å². The van der Waals surface area contributed by atoms with Crippen LogP contribution in [0.5, 0.6) is 0 Å². The Morgan fingerprint density at radius 3 is 2.47 bits per heavy atom. The number of hydrogen-bond donors (Lipinski definition) is 0. The summed E-state index contributed by atoms with van der Waals surface area (Å²) in [7, 11) is -2.13. The van der Waals surface area contributed by atoms with Crippen LogP contribution in [0.4, 0.5) is 0 Å². The third-order valence-corrected chi connectivity index (χ3v) is 6.34. The van der Waals surface area contributed by atoms with E-state index in [-0.39, 0.29) is 4.90 Å². The monoisotopic (exact) mass is 342 g/mol. The van der Waals surface area contributed by atoms with Crippen LogP contribution < -0.4 is 0 Å². The van der Waals surface area contributed by atoms with E-state index in [0.29, 0.717) is 18.4 Å². The van der Waals surface area contributed by atoms with E-state index in [1.807, 2.05) is 0 Å². The third-order valence-electron chi connectivity index (χ3n) is 3.77. The lowest BCUT2D eigenvalue weighted by Crippen LogP contribution is -2.53. The summed E-state index contributed by atoms with van der Waals surface area (Å²) in [6, 6.07) is 7.20. The van der Waals surface area contributed by atoms with Crippen molar-refractivity contribution in [3.05, 3.63) is 28.2 Å². The molecule has 0 N–H and O–H groups in total. The molecule has 6 heteroatoms. The highest BCUT2D eigenvalue weighted by Gasteiger charge is 2.47. The fraction of sp³-hybridized carbons (Fsp3) is 0.462. The number of aryl methyl sites for hydroxylation is 1. The molecule has 19 heavy (non-hydrogen) atoms. The van der Waals surface area contributed by atoms with Crippen molar-refractivity contribution in [2.24, 2.45) is 0 Å². The summed E-state index contributed by atoms with van der Waals surface area (Å²) in [5.74, 6) is 0. The summed E-state index contributed by atoms with van der Waals surface area (Å²) in [5.41, 5.74) is -0.188. The van der Waals surface area contributed by atoms with Gasteiger partial charge in [-0.05, 0) is 49.9 Å². The van der Waals surface area contributed by atoms with E-state index in [9.17, 15) is 13.7 Å². The van der Waals surface area contributed by atoms with E-state index in [0.717, 1.165) is 10.9 Å². The highest BCUT2D eigenvalue weighted by Crippen LogP contribution is 2.39. The minimum Gasteiger partial charge on any atom is -0.207 e. The Bertz CT molecular complexity index is 645. The van der Waals surface area contributed by atoms with Gasteiger partial charge in [-0.15, -0.1) is 0 Å². The summed E-state index contributed by atoms with van der Waals surface area (Å²) < 4.78 is 27.3. The quantitative estimate of drug-likeness (QED) is 0.848. The summed E-state index contributed by atoms with van der Waals surface area (Å²) in [5, 5.41) is 9.27. The normalized spacial score (nSPS) is 17.8. The molecule has 1 aromatic carbocycles. The van der Waals surface area contributed by atoms with Gasteiger partial charge in [-0.1, -0.05) is 15.9 Å². The molecule has 0 radical (unpaired) electrons. The Morgan fingerprint density at radius 1 is 1.42 bits per heavy atom. The van der Waals surface area contributed by atoms with Crippen molar-refractivity contribution in [2.75, 3.05) is 7.05 Å². The van der Waals surface area contributed by atoms with Gasteiger partial charge in [0.2, 0.25) is 10.0 Å². The molecule has 1 aliphatic rings. The fourth-order valence-corrected chi connectivity index (χ4v) is 4.45. The maximum absolute atomic E-state index is 12.6. The van der Waals surface area contributed by atoms with Crippen LogP contribution in [-0.2, 0) is 10.0 Å². The average Bonchev–Trinajstić information content (AvgIpc) is 2.27. The van der Waals surface area contributed by atoms with Crippen LogP contribution in [0.3, 0.4) is 0 Å². The van der Waals surface area contributed by atoms with Crippen LogP contribution in [0.1, 0.15) is 24.8 Å². The predicted molar refractivity (Wildman–Crippen MR) is 76.0 cm³/mol. The largest absolute Gasteiger partial charge is 0.244 e. The minimum atomic E-state index is -3.63. The lowest BCUT2D eigenvalue weighted by atomic mass is 9.78. The van der Waals surface area contributed by atoms with Crippen LogP contribution in [0.2, 0.25) is 0 Å². The number of sulfonamides is 1. The first-order valence-corrected chi connectivity index (χ1v) is 8.23. The molecular weight excluding hydrogens is 328 g/mol. The van der Waals surface area contributed by atoms with Gasteiger partial charge in [-0.3, -0.25) is 0 Å². The first-order valence-electron chi connectivity index (χ1n) is 6.00. The second-order valence-electron chi connectivity index (χ2n) is 4.88. The molecule has 0 aromatic heterocycles. The molecule has 1 aromatic rings. The van der Waals surface area contributed by atoms with Gasteiger partial charge in [0.15, 0.2) is 0 Å². The fourth-order valence-electron chi connectivity index (χ4n) is 2.29. The molecule has 0 heterocycles. The SMILES string of the molecule is Cc1cc(Br)ccc1S(=O)(=O)N(C)C1(C#N)CCC1. The molecule has 0 spiro atoms. The number of halogens is 1. The van der Waals surface area contributed by atoms with E-state index in [2.05, 4.69) is 22.0 Å². The second-order valence-corrected chi connectivity index (χ2v) is 7.73. The van der Waals surface area contributed by atoms with Crippen molar-refractivity contribution in [3.8, 4) is 6.07 Å². The van der Waals surface area contributed by atoms with Gasteiger partial charge in [0.25, 0.3) is 0 Å². The van der Waals surface area contributed by atoms with Gasteiger partial charge in [-0.25, -0.2) is 8.42 Å². The maximum Gasteiger partial charge on any atom is 0.244 e. The van der Waals surface area contributed by atoms with E-state index in [1.165, 1.54) is 11.4 Å².